The topological polar surface area (TPSA) is 80.0 Å². The third-order valence-corrected chi connectivity index (χ3v) is 4.25. The lowest BCUT2D eigenvalue weighted by molar-refractivity contribution is -0.116. The SMILES string of the molecule is CCNCc1ccccc1NC(=O)CCc1nc(-c2ccc(Cl)cc2)no1. The first-order valence-corrected chi connectivity index (χ1v) is 9.20. The highest BCUT2D eigenvalue weighted by atomic mass is 35.5. The Hall–Kier alpha value is -2.70. The Morgan fingerprint density at radius 2 is 1.93 bits per heavy atom. The molecule has 1 amide bonds. The molecule has 2 N–H and O–H groups in total. The number of para-hydroxylation sites is 1. The van der Waals surface area contributed by atoms with Gasteiger partial charge in [0.05, 0.1) is 0 Å². The normalized spacial score (nSPS) is 10.7. The molecule has 1 heterocycles. The lowest BCUT2D eigenvalue weighted by Crippen LogP contribution is -2.17. The van der Waals surface area contributed by atoms with Crippen LogP contribution in [0.3, 0.4) is 0 Å². The van der Waals surface area contributed by atoms with Crippen LogP contribution in [0, 0.1) is 0 Å². The van der Waals surface area contributed by atoms with E-state index in [1.165, 1.54) is 0 Å². The summed E-state index contributed by atoms with van der Waals surface area (Å²) in [4.78, 5) is 16.6. The zero-order valence-electron chi connectivity index (χ0n) is 15.0. The quantitative estimate of drug-likeness (QED) is 0.612. The summed E-state index contributed by atoms with van der Waals surface area (Å²) in [6.45, 7) is 3.63. The van der Waals surface area contributed by atoms with Gasteiger partial charge >= 0.3 is 0 Å². The number of carbonyl (C=O) groups excluding carboxylic acids is 1. The van der Waals surface area contributed by atoms with Crippen LogP contribution in [0.4, 0.5) is 5.69 Å². The van der Waals surface area contributed by atoms with Gasteiger partial charge in [-0.3, -0.25) is 4.79 Å². The highest BCUT2D eigenvalue weighted by molar-refractivity contribution is 6.30. The Kier molecular flexibility index (Phi) is 6.57. The van der Waals surface area contributed by atoms with Crippen molar-refractivity contribution in [3.8, 4) is 11.4 Å². The van der Waals surface area contributed by atoms with Gasteiger partial charge in [-0.25, -0.2) is 0 Å². The fourth-order valence-electron chi connectivity index (χ4n) is 2.56. The molecule has 140 valence electrons. The molecule has 0 atom stereocenters. The molecule has 0 aliphatic heterocycles. The van der Waals surface area contributed by atoms with Crippen LogP contribution in [0.25, 0.3) is 11.4 Å². The van der Waals surface area contributed by atoms with E-state index in [2.05, 4.69) is 20.8 Å². The second kappa shape index (κ2) is 9.30. The lowest BCUT2D eigenvalue weighted by atomic mass is 10.1. The number of rotatable bonds is 8. The third-order valence-electron chi connectivity index (χ3n) is 3.99. The molecule has 3 aromatic rings. The molecular formula is C20H21ClN4O2. The van der Waals surface area contributed by atoms with Crippen LogP contribution < -0.4 is 10.6 Å². The van der Waals surface area contributed by atoms with E-state index in [1.54, 1.807) is 12.1 Å². The minimum atomic E-state index is -0.0924. The number of nitrogens with zero attached hydrogens (tertiary/aromatic N) is 2. The average Bonchev–Trinajstić information content (AvgIpc) is 3.15. The van der Waals surface area contributed by atoms with Gasteiger partial charge in [-0.15, -0.1) is 0 Å². The molecular weight excluding hydrogens is 364 g/mol. The fraction of sp³-hybridized carbons (Fsp3) is 0.250. The largest absolute Gasteiger partial charge is 0.339 e. The van der Waals surface area contributed by atoms with E-state index >= 15 is 0 Å². The van der Waals surface area contributed by atoms with E-state index in [9.17, 15) is 4.79 Å². The van der Waals surface area contributed by atoms with Crippen molar-refractivity contribution in [2.75, 3.05) is 11.9 Å². The molecule has 6 nitrogen and oxygen atoms in total. The smallest absolute Gasteiger partial charge is 0.227 e. The zero-order chi connectivity index (χ0) is 19.1. The molecule has 0 aliphatic carbocycles. The van der Waals surface area contributed by atoms with Crippen molar-refractivity contribution >= 4 is 23.2 Å². The van der Waals surface area contributed by atoms with Gasteiger partial charge in [-0.1, -0.05) is 41.9 Å². The molecule has 0 saturated carbocycles. The van der Waals surface area contributed by atoms with Crippen LogP contribution in [0.2, 0.25) is 5.02 Å². The third kappa shape index (κ3) is 5.39. The molecule has 2 aromatic carbocycles. The first kappa shape index (κ1) is 19.1. The molecule has 3 rings (SSSR count). The first-order chi connectivity index (χ1) is 13.2. The summed E-state index contributed by atoms with van der Waals surface area (Å²) in [5.74, 6) is 0.819. The molecule has 0 spiro atoms. The van der Waals surface area contributed by atoms with Crippen molar-refractivity contribution in [2.24, 2.45) is 0 Å². The van der Waals surface area contributed by atoms with Crippen molar-refractivity contribution in [3.05, 3.63) is 65.0 Å². The van der Waals surface area contributed by atoms with E-state index in [4.69, 9.17) is 16.1 Å². The van der Waals surface area contributed by atoms with Crippen LogP contribution in [-0.2, 0) is 17.8 Å². The molecule has 0 unspecified atom stereocenters. The summed E-state index contributed by atoms with van der Waals surface area (Å²) in [7, 11) is 0. The summed E-state index contributed by atoms with van der Waals surface area (Å²) < 4.78 is 5.24. The second-order valence-corrected chi connectivity index (χ2v) is 6.44. The molecule has 27 heavy (non-hydrogen) atoms. The van der Waals surface area contributed by atoms with Crippen molar-refractivity contribution in [3.63, 3.8) is 0 Å². The number of amides is 1. The van der Waals surface area contributed by atoms with E-state index in [-0.39, 0.29) is 12.3 Å². The van der Waals surface area contributed by atoms with Gasteiger partial charge in [0.25, 0.3) is 0 Å². The van der Waals surface area contributed by atoms with Crippen molar-refractivity contribution < 1.29 is 9.32 Å². The number of hydrogen-bond acceptors (Lipinski definition) is 5. The highest BCUT2D eigenvalue weighted by Crippen LogP contribution is 2.19. The number of aryl methyl sites for hydroxylation is 1. The molecule has 0 bridgehead atoms. The van der Waals surface area contributed by atoms with E-state index in [0.717, 1.165) is 23.4 Å². The van der Waals surface area contributed by atoms with Gasteiger partial charge in [0, 0.05) is 35.7 Å². The summed E-state index contributed by atoms with van der Waals surface area (Å²) in [6, 6.07) is 14.9. The molecule has 0 radical (unpaired) electrons. The summed E-state index contributed by atoms with van der Waals surface area (Å²) in [6.07, 6.45) is 0.638. The van der Waals surface area contributed by atoms with E-state index < -0.39 is 0 Å². The maximum atomic E-state index is 12.3. The van der Waals surface area contributed by atoms with Gasteiger partial charge in [0.2, 0.25) is 17.6 Å². The molecule has 0 aliphatic rings. The molecule has 0 fully saturated rings. The van der Waals surface area contributed by atoms with Crippen molar-refractivity contribution in [1.29, 1.82) is 0 Å². The minimum absolute atomic E-state index is 0.0924. The van der Waals surface area contributed by atoms with Gasteiger partial charge < -0.3 is 15.2 Å². The van der Waals surface area contributed by atoms with Crippen LogP contribution in [0.15, 0.2) is 53.1 Å². The predicted molar refractivity (Wildman–Crippen MR) is 106 cm³/mol. The second-order valence-electron chi connectivity index (χ2n) is 6.00. The molecule has 7 heteroatoms. The zero-order valence-corrected chi connectivity index (χ0v) is 15.8. The number of anilines is 1. The van der Waals surface area contributed by atoms with Crippen LogP contribution >= 0.6 is 11.6 Å². The first-order valence-electron chi connectivity index (χ1n) is 8.82. The van der Waals surface area contributed by atoms with Crippen molar-refractivity contribution in [2.45, 2.75) is 26.3 Å². The number of halogens is 1. The van der Waals surface area contributed by atoms with Crippen LogP contribution in [-0.4, -0.2) is 22.6 Å². The summed E-state index contributed by atoms with van der Waals surface area (Å²) in [5.41, 5.74) is 2.68. The average molecular weight is 385 g/mol. The lowest BCUT2D eigenvalue weighted by Gasteiger charge is -2.11. The van der Waals surface area contributed by atoms with E-state index in [1.807, 2.05) is 43.3 Å². The number of carbonyl (C=O) groups is 1. The Morgan fingerprint density at radius 3 is 2.70 bits per heavy atom. The Bertz CT molecular complexity index is 893. The number of aromatic nitrogens is 2. The summed E-state index contributed by atoms with van der Waals surface area (Å²) >= 11 is 5.88. The Labute approximate surface area is 162 Å². The standard InChI is InChI=1S/C20H21ClN4O2/c1-2-22-13-15-5-3-4-6-17(15)23-18(26)11-12-19-24-20(25-27-19)14-7-9-16(21)10-8-14/h3-10,22H,2,11-13H2,1H3,(H,23,26). The van der Waals surface area contributed by atoms with Crippen molar-refractivity contribution in [1.82, 2.24) is 15.5 Å². The maximum absolute atomic E-state index is 12.3. The molecule has 1 aromatic heterocycles. The predicted octanol–water partition coefficient (Wildman–Crippen LogP) is 4.07. The Balaban J connectivity index is 1.56. The molecule has 0 saturated heterocycles. The van der Waals surface area contributed by atoms with Crippen LogP contribution in [0.5, 0.6) is 0 Å². The highest BCUT2D eigenvalue weighted by Gasteiger charge is 2.12. The minimum Gasteiger partial charge on any atom is -0.339 e. The number of hydrogen-bond donors (Lipinski definition) is 2. The van der Waals surface area contributed by atoms with Gasteiger partial charge in [0.1, 0.15) is 0 Å². The number of nitrogens with one attached hydrogen (secondary N) is 2. The Morgan fingerprint density at radius 1 is 1.15 bits per heavy atom. The van der Waals surface area contributed by atoms with Gasteiger partial charge in [-0.2, -0.15) is 4.98 Å². The van der Waals surface area contributed by atoms with E-state index in [0.29, 0.717) is 29.7 Å². The fourth-order valence-corrected chi connectivity index (χ4v) is 2.69. The van der Waals surface area contributed by atoms with Crippen LogP contribution in [0.1, 0.15) is 24.8 Å². The van der Waals surface area contributed by atoms with Gasteiger partial charge in [-0.05, 0) is 42.4 Å². The number of benzene rings is 2. The maximum Gasteiger partial charge on any atom is 0.227 e. The monoisotopic (exact) mass is 384 g/mol. The summed E-state index contributed by atoms with van der Waals surface area (Å²) in [5, 5.41) is 10.8. The van der Waals surface area contributed by atoms with Gasteiger partial charge in [0.15, 0.2) is 0 Å².